The van der Waals surface area contributed by atoms with Gasteiger partial charge in [-0.3, -0.25) is 9.59 Å². The van der Waals surface area contributed by atoms with Crippen molar-refractivity contribution in [2.45, 2.75) is 19.5 Å². The van der Waals surface area contributed by atoms with Gasteiger partial charge in [0.2, 0.25) is 11.8 Å². The molecule has 0 atom stereocenters. The van der Waals surface area contributed by atoms with E-state index in [4.69, 9.17) is 9.47 Å². The number of para-hydroxylation sites is 2. The molecule has 0 bridgehead atoms. The number of hydrogen-bond acceptors (Lipinski definition) is 4. The Morgan fingerprint density at radius 2 is 1.82 bits per heavy atom. The number of nitrogens with one attached hydrogen (secondary N) is 1. The van der Waals surface area contributed by atoms with E-state index in [1.54, 1.807) is 42.1 Å². The number of rotatable bonds is 6. The first-order chi connectivity index (χ1) is 16.5. The molecule has 0 saturated carbocycles. The molecule has 0 radical (unpaired) electrons. The average Bonchev–Trinajstić information content (AvgIpc) is 3.12. The summed E-state index contributed by atoms with van der Waals surface area (Å²) in [7, 11) is 1.56. The van der Waals surface area contributed by atoms with Crippen LogP contribution in [0.3, 0.4) is 0 Å². The van der Waals surface area contributed by atoms with E-state index in [1.807, 2.05) is 30.3 Å². The molecule has 1 N–H and O–H groups in total. The number of carbonyl (C=O) groups is 1. The first kappa shape index (κ1) is 21.5. The molecular formula is C26H22FN3O4. The number of benzene rings is 3. The van der Waals surface area contributed by atoms with Gasteiger partial charge in [-0.2, -0.15) is 0 Å². The minimum Gasteiger partial charge on any atom is -0.493 e. The van der Waals surface area contributed by atoms with Gasteiger partial charge in [0.25, 0.3) is 5.56 Å². The van der Waals surface area contributed by atoms with Gasteiger partial charge >= 0.3 is 0 Å². The van der Waals surface area contributed by atoms with Crippen LogP contribution in [0.1, 0.15) is 16.7 Å². The molecule has 2 heterocycles. The van der Waals surface area contributed by atoms with Gasteiger partial charge in [0.05, 0.1) is 18.4 Å². The molecule has 5 rings (SSSR count). The molecule has 8 heteroatoms. The summed E-state index contributed by atoms with van der Waals surface area (Å²) < 4.78 is 27.8. The van der Waals surface area contributed by atoms with Crippen LogP contribution in [0.15, 0.2) is 77.6 Å². The number of fused-ring (bicyclic) bond motifs is 2. The van der Waals surface area contributed by atoms with Gasteiger partial charge in [-0.05, 0) is 35.9 Å². The maximum absolute atomic E-state index is 13.5. The van der Waals surface area contributed by atoms with Crippen LogP contribution in [0.2, 0.25) is 0 Å². The maximum Gasteiger partial charge on any atom is 0.278 e. The Balaban J connectivity index is 1.51. The maximum atomic E-state index is 13.5. The van der Waals surface area contributed by atoms with Crippen molar-refractivity contribution in [2.24, 2.45) is 0 Å². The summed E-state index contributed by atoms with van der Waals surface area (Å²) in [6.07, 6.45) is 0.359. The smallest absolute Gasteiger partial charge is 0.278 e. The number of carbonyl (C=O) groups excluding carboxylic acids is 1. The Morgan fingerprint density at radius 3 is 2.56 bits per heavy atom. The lowest BCUT2D eigenvalue weighted by molar-refractivity contribution is -0.122. The standard InChI is InChI=1S/C26H22FN3O4/c1-33-22-9-5-6-18-14-21-25(32)30(20-7-3-2-4-8-20)29(26(21)34-24(18)22)16-23(31)28-15-17-10-12-19(27)13-11-17/h2-13H,14-16H2,1H3,(H,28,31). The van der Waals surface area contributed by atoms with E-state index in [1.165, 1.54) is 16.8 Å². The van der Waals surface area contributed by atoms with E-state index in [9.17, 15) is 14.0 Å². The Bertz CT molecular complexity index is 1410. The lowest BCUT2D eigenvalue weighted by atomic mass is 10.0. The van der Waals surface area contributed by atoms with Gasteiger partial charge < -0.3 is 14.8 Å². The van der Waals surface area contributed by atoms with E-state index in [-0.39, 0.29) is 30.4 Å². The van der Waals surface area contributed by atoms with Crippen LogP contribution < -0.4 is 20.3 Å². The van der Waals surface area contributed by atoms with Gasteiger partial charge in [-0.15, -0.1) is 0 Å². The monoisotopic (exact) mass is 459 g/mol. The molecule has 1 aromatic heterocycles. The summed E-state index contributed by atoms with van der Waals surface area (Å²) in [6.45, 7) is 0.0841. The average molecular weight is 459 g/mol. The number of aromatic nitrogens is 2. The third-order valence-electron chi connectivity index (χ3n) is 5.73. The normalized spacial score (nSPS) is 11.8. The fraction of sp³-hybridized carbons (Fsp3) is 0.154. The van der Waals surface area contributed by atoms with Crippen molar-refractivity contribution in [3.05, 3.63) is 106 Å². The van der Waals surface area contributed by atoms with Crippen molar-refractivity contribution in [3.8, 4) is 23.1 Å². The quantitative estimate of drug-likeness (QED) is 0.419. The Hall–Kier alpha value is -4.33. The molecular weight excluding hydrogens is 437 g/mol. The summed E-state index contributed by atoms with van der Waals surface area (Å²) in [5.41, 5.74) is 2.44. The van der Waals surface area contributed by atoms with E-state index >= 15 is 0 Å². The molecule has 0 unspecified atom stereocenters. The number of methoxy groups -OCH3 is 1. The van der Waals surface area contributed by atoms with Gasteiger partial charge in [0.1, 0.15) is 12.4 Å². The minimum absolute atomic E-state index is 0.148. The van der Waals surface area contributed by atoms with E-state index in [0.29, 0.717) is 35.1 Å². The van der Waals surface area contributed by atoms with Crippen LogP contribution in [-0.2, 0) is 24.3 Å². The van der Waals surface area contributed by atoms with Gasteiger partial charge in [-0.25, -0.2) is 13.8 Å². The van der Waals surface area contributed by atoms with Gasteiger partial charge in [0, 0.05) is 18.5 Å². The van der Waals surface area contributed by atoms with Crippen molar-refractivity contribution in [3.63, 3.8) is 0 Å². The number of amides is 1. The molecule has 7 nitrogen and oxygen atoms in total. The number of halogens is 1. The largest absolute Gasteiger partial charge is 0.493 e. The highest BCUT2D eigenvalue weighted by Crippen LogP contribution is 2.41. The van der Waals surface area contributed by atoms with Crippen LogP contribution in [0.4, 0.5) is 4.39 Å². The number of hydrogen-bond donors (Lipinski definition) is 1. The van der Waals surface area contributed by atoms with Crippen LogP contribution in [0, 0.1) is 5.82 Å². The predicted molar refractivity (Wildman–Crippen MR) is 124 cm³/mol. The zero-order chi connectivity index (χ0) is 23.7. The molecule has 0 spiro atoms. The van der Waals surface area contributed by atoms with Crippen LogP contribution in [-0.4, -0.2) is 22.4 Å². The third-order valence-corrected chi connectivity index (χ3v) is 5.73. The Morgan fingerprint density at radius 1 is 1.06 bits per heavy atom. The lowest BCUT2D eigenvalue weighted by Gasteiger charge is -2.21. The Kier molecular flexibility index (Phi) is 5.63. The zero-order valence-corrected chi connectivity index (χ0v) is 18.5. The summed E-state index contributed by atoms with van der Waals surface area (Å²) >= 11 is 0. The van der Waals surface area contributed by atoms with Crippen LogP contribution in [0.5, 0.6) is 17.4 Å². The number of ether oxygens (including phenoxy) is 2. The highest BCUT2D eigenvalue weighted by Gasteiger charge is 2.30. The molecule has 1 aliphatic rings. The van der Waals surface area contributed by atoms with Crippen LogP contribution in [0.25, 0.3) is 5.69 Å². The minimum atomic E-state index is -0.339. The van der Waals surface area contributed by atoms with Gasteiger partial charge in [0.15, 0.2) is 11.5 Å². The van der Waals surface area contributed by atoms with E-state index in [2.05, 4.69) is 5.32 Å². The highest BCUT2D eigenvalue weighted by molar-refractivity contribution is 5.76. The molecule has 1 amide bonds. The third kappa shape index (κ3) is 3.94. The number of nitrogens with zero attached hydrogens (tertiary/aromatic N) is 2. The van der Waals surface area contributed by atoms with Crippen molar-refractivity contribution < 1.29 is 18.7 Å². The molecule has 34 heavy (non-hydrogen) atoms. The second-order valence-corrected chi connectivity index (χ2v) is 7.92. The predicted octanol–water partition coefficient (Wildman–Crippen LogP) is 3.80. The molecule has 0 saturated heterocycles. The fourth-order valence-electron chi connectivity index (χ4n) is 4.07. The van der Waals surface area contributed by atoms with E-state index in [0.717, 1.165) is 11.1 Å². The summed E-state index contributed by atoms with van der Waals surface area (Å²) in [6, 6.07) is 20.5. The second-order valence-electron chi connectivity index (χ2n) is 7.92. The summed E-state index contributed by atoms with van der Waals surface area (Å²) in [5.74, 6) is 0.733. The van der Waals surface area contributed by atoms with E-state index < -0.39 is 0 Å². The van der Waals surface area contributed by atoms with Crippen molar-refractivity contribution >= 4 is 5.91 Å². The molecule has 172 valence electrons. The lowest BCUT2D eigenvalue weighted by Crippen LogP contribution is -2.31. The first-order valence-corrected chi connectivity index (χ1v) is 10.8. The highest BCUT2D eigenvalue weighted by atomic mass is 19.1. The molecule has 1 aliphatic heterocycles. The molecule has 0 aliphatic carbocycles. The Labute approximate surface area is 195 Å². The van der Waals surface area contributed by atoms with Crippen molar-refractivity contribution in [1.82, 2.24) is 14.7 Å². The van der Waals surface area contributed by atoms with Crippen LogP contribution >= 0.6 is 0 Å². The zero-order valence-electron chi connectivity index (χ0n) is 18.5. The fourth-order valence-corrected chi connectivity index (χ4v) is 4.07. The first-order valence-electron chi connectivity index (χ1n) is 10.8. The molecule has 0 fully saturated rings. The van der Waals surface area contributed by atoms with Crippen molar-refractivity contribution in [1.29, 1.82) is 0 Å². The molecule has 3 aromatic carbocycles. The second kappa shape index (κ2) is 8.90. The summed E-state index contributed by atoms with van der Waals surface area (Å²) in [5, 5.41) is 2.83. The summed E-state index contributed by atoms with van der Waals surface area (Å²) in [4.78, 5) is 26.4. The van der Waals surface area contributed by atoms with Gasteiger partial charge in [-0.1, -0.05) is 42.5 Å². The molecule has 4 aromatic rings. The topological polar surface area (TPSA) is 74.5 Å². The van der Waals surface area contributed by atoms with Crippen molar-refractivity contribution in [2.75, 3.05) is 7.11 Å². The SMILES string of the molecule is COc1cccc2c1Oc1c(c(=O)n(-c3ccccc3)n1CC(=O)NCc1ccc(F)cc1)C2.